The van der Waals surface area contributed by atoms with Crippen molar-refractivity contribution >= 4 is 34.2 Å². The van der Waals surface area contributed by atoms with E-state index >= 15 is 0 Å². The first-order valence-electron chi connectivity index (χ1n) is 9.58. The predicted molar refractivity (Wildman–Crippen MR) is 116 cm³/mol. The molecule has 4 rings (SSSR count). The van der Waals surface area contributed by atoms with E-state index in [1.807, 2.05) is 0 Å². The molecule has 2 amide bonds. The Labute approximate surface area is 181 Å². The molecule has 0 bridgehead atoms. The first-order chi connectivity index (χ1) is 15.4. The number of alkyl halides is 2. The van der Waals surface area contributed by atoms with E-state index in [0.29, 0.717) is 28.2 Å². The summed E-state index contributed by atoms with van der Waals surface area (Å²) in [5.74, 6) is -0.785. The monoisotopic (exact) mass is 436 g/mol. The van der Waals surface area contributed by atoms with Crippen LogP contribution in [0.3, 0.4) is 0 Å². The zero-order valence-electron chi connectivity index (χ0n) is 16.9. The quantitative estimate of drug-likeness (QED) is 0.396. The number of nitrogens with zero attached hydrogens (tertiary/aromatic N) is 1. The van der Waals surface area contributed by atoms with Crippen molar-refractivity contribution in [2.24, 2.45) is 0 Å². The Balaban J connectivity index is 1.55. The molecule has 3 aromatic carbocycles. The number of fused-ring (bicyclic) bond motifs is 1. The lowest BCUT2D eigenvalue weighted by Crippen LogP contribution is -2.18. The van der Waals surface area contributed by atoms with Crippen molar-refractivity contribution in [1.29, 1.82) is 0 Å². The van der Waals surface area contributed by atoms with E-state index in [1.165, 1.54) is 25.3 Å². The molecule has 0 atom stereocenters. The zero-order valence-corrected chi connectivity index (χ0v) is 16.9. The molecular formula is C23H18F2N4O3. The van der Waals surface area contributed by atoms with Crippen molar-refractivity contribution in [3.05, 3.63) is 83.7 Å². The van der Waals surface area contributed by atoms with Gasteiger partial charge in [-0.05, 0) is 42.5 Å². The second kappa shape index (κ2) is 8.84. The molecule has 9 heteroatoms. The van der Waals surface area contributed by atoms with E-state index in [0.717, 1.165) is 0 Å². The Hall–Kier alpha value is -4.27. The van der Waals surface area contributed by atoms with Crippen LogP contribution >= 0.6 is 0 Å². The number of carbonyl (C=O) groups excluding carboxylic acids is 2. The number of ether oxygens (including phenoxy) is 1. The maximum absolute atomic E-state index is 12.9. The van der Waals surface area contributed by atoms with E-state index in [4.69, 9.17) is 4.74 Å². The largest absolute Gasteiger partial charge is 0.497 e. The van der Waals surface area contributed by atoms with Crippen LogP contribution < -0.4 is 15.4 Å². The van der Waals surface area contributed by atoms with Gasteiger partial charge in [0.1, 0.15) is 5.75 Å². The number of rotatable bonds is 6. The van der Waals surface area contributed by atoms with Gasteiger partial charge in [-0.3, -0.25) is 9.59 Å². The summed E-state index contributed by atoms with van der Waals surface area (Å²) < 4.78 is 30.9. The first-order valence-corrected chi connectivity index (χ1v) is 9.58. The summed E-state index contributed by atoms with van der Waals surface area (Å²) in [6.45, 7) is 0. The third-order valence-electron chi connectivity index (χ3n) is 4.72. The molecule has 162 valence electrons. The average molecular weight is 436 g/mol. The molecule has 32 heavy (non-hydrogen) atoms. The smallest absolute Gasteiger partial charge is 0.295 e. The molecular weight excluding hydrogens is 418 g/mol. The molecule has 0 radical (unpaired) electrons. The summed E-state index contributed by atoms with van der Waals surface area (Å²) in [5.41, 5.74) is 1.97. The fourth-order valence-corrected chi connectivity index (χ4v) is 3.16. The topological polar surface area (TPSA) is 96.1 Å². The summed E-state index contributed by atoms with van der Waals surface area (Å²) in [6.07, 6.45) is -2.74. The molecule has 0 aliphatic heterocycles. The maximum Gasteiger partial charge on any atom is 0.295 e. The molecule has 0 aliphatic rings. The highest BCUT2D eigenvalue weighted by Crippen LogP contribution is 2.23. The van der Waals surface area contributed by atoms with Crippen molar-refractivity contribution in [3.8, 4) is 5.75 Å². The second-order valence-electron chi connectivity index (χ2n) is 6.84. The van der Waals surface area contributed by atoms with Crippen LogP contribution in [0.25, 0.3) is 11.0 Å². The predicted octanol–water partition coefficient (Wildman–Crippen LogP) is 5.01. The number of hydrogen-bond donors (Lipinski definition) is 3. The third-order valence-corrected chi connectivity index (χ3v) is 4.72. The SMILES string of the molecule is COc1cccc(NC(=O)c2ccccc2NC(=O)c2ccc3nc(C(F)F)[nH]c3c2)c1. The van der Waals surface area contributed by atoms with Crippen molar-refractivity contribution in [2.45, 2.75) is 6.43 Å². The van der Waals surface area contributed by atoms with Crippen molar-refractivity contribution < 1.29 is 23.1 Å². The van der Waals surface area contributed by atoms with Gasteiger partial charge in [0.05, 0.1) is 29.4 Å². The molecule has 0 saturated heterocycles. The van der Waals surface area contributed by atoms with Gasteiger partial charge in [0, 0.05) is 17.3 Å². The van der Waals surface area contributed by atoms with Crippen molar-refractivity contribution in [1.82, 2.24) is 9.97 Å². The Bertz CT molecular complexity index is 1300. The Kier molecular flexibility index (Phi) is 5.80. The van der Waals surface area contributed by atoms with Crippen LogP contribution in [-0.2, 0) is 0 Å². The Morgan fingerprint density at radius 3 is 2.56 bits per heavy atom. The number of carbonyl (C=O) groups is 2. The van der Waals surface area contributed by atoms with E-state index in [-0.39, 0.29) is 11.1 Å². The van der Waals surface area contributed by atoms with Gasteiger partial charge in [-0.2, -0.15) is 0 Å². The molecule has 3 N–H and O–H groups in total. The number of aromatic amines is 1. The summed E-state index contributed by atoms with van der Waals surface area (Å²) in [4.78, 5) is 31.9. The molecule has 0 saturated carbocycles. The normalized spacial score (nSPS) is 10.9. The third kappa shape index (κ3) is 4.41. The number of nitrogens with one attached hydrogen (secondary N) is 3. The van der Waals surface area contributed by atoms with Crippen LogP contribution in [0.15, 0.2) is 66.7 Å². The summed E-state index contributed by atoms with van der Waals surface area (Å²) in [6, 6.07) is 17.8. The highest BCUT2D eigenvalue weighted by Gasteiger charge is 2.17. The van der Waals surface area contributed by atoms with Gasteiger partial charge in [-0.15, -0.1) is 0 Å². The molecule has 1 heterocycles. The number of H-pyrrole nitrogens is 1. The number of aromatic nitrogens is 2. The summed E-state index contributed by atoms with van der Waals surface area (Å²) >= 11 is 0. The lowest BCUT2D eigenvalue weighted by Gasteiger charge is -2.12. The molecule has 0 spiro atoms. The second-order valence-corrected chi connectivity index (χ2v) is 6.84. The van der Waals surface area contributed by atoms with Crippen molar-refractivity contribution in [3.63, 3.8) is 0 Å². The molecule has 0 aliphatic carbocycles. The van der Waals surface area contributed by atoms with Gasteiger partial charge in [0.15, 0.2) is 5.82 Å². The van der Waals surface area contributed by atoms with Crippen LogP contribution in [0.2, 0.25) is 0 Å². The lowest BCUT2D eigenvalue weighted by molar-refractivity contribution is 0.102. The van der Waals surface area contributed by atoms with Crippen molar-refractivity contribution in [2.75, 3.05) is 17.7 Å². The number of hydrogen-bond acceptors (Lipinski definition) is 4. The van der Waals surface area contributed by atoms with Gasteiger partial charge >= 0.3 is 0 Å². The number of methoxy groups -OCH3 is 1. The lowest BCUT2D eigenvalue weighted by atomic mass is 10.1. The molecule has 7 nitrogen and oxygen atoms in total. The van der Waals surface area contributed by atoms with Crippen LogP contribution in [0.4, 0.5) is 20.2 Å². The van der Waals surface area contributed by atoms with Gasteiger partial charge in [-0.1, -0.05) is 18.2 Å². The van der Waals surface area contributed by atoms with Gasteiger partial charge in [0.2, 0.25) is 0 Å². The molecule has 1 aromatic heterocycles. The number of imidazole rings is 1. The Morgan fingerprint density at radius 1 is 0.969 bits per heavy atom. The number of benzene rings is 3. The van der Waals surface area contributed by atoms with E-state index in [1.54, 1.807) is 48.5 Å². The standard InChI is InChI=1S/C23H18F2N4O3/c1-32-15-6-4-5-14(12-15)26-23(31)16-7-2-3-8-17(16)29-22(30)13-9-10-18-19(11-13)28-21(27-18)20(24)25/h2-12,20H,1H3,(H,26,31)(H,27,28)(H,29,30). The zero-order chi connectivity index (χ0) is 22.7. The minimum absolute atomic E-state index is 0.227. The molecule has 4 aromatic rings. The van der Waals surface area contributed by atoms with Crippen LogP contribution in [-0.4, -0.2) is 28.9 Å². The Morgan fingerprint density at radius 2 is 1.78 bits per heavy atom. The molecule has 0 fully saturated rings. The average Bonchev–Trinajstić information content (AvgIpc) is 3.23. The van der Waals surface area contributed by atoms with E-state index < -0.39 is 24.1 Å². The van der Waals surface area contributed by atoms with E-state index in [2.05, 4.69) is 20.6 Å². The summed E-state index contributed by atoms with van der Waals surface area (Å²) in [5, 5.41) is 5.47. The van der Waals surface area contributed by atoms with Gasteiger partial charge < -0.3 is 20.4 Å². The highest BCUT2D eigenvalue weighted by molar-refractivity contribution is 6.13. The van der Waals surface area contributed by atoms with E-state index in [9.17, 15) is 18.4 Å². The number of halogens is 2. The highest BCUT2D eigenvalue weighted by atomic mass is 19.3. The number of para-hydroxylation sites is 1. The minimum Gasteiger partial charge on any atom is -0.497 e. The fraction of sp³-hybridized carbons (Fsp3) is 0.0870. The number of anilines is 2. The molecule has 0 unspecified atom stereocenters. The minimum atomic E-state index is -2.74. The van der Waals surface area contributed by atoms with Crippen LogP contribution in [0.5, 0.6) is 5.75 Å². The fourth-order valence-electron chi connectivity index (χ4n) is 3.16. The van der Waals surface area contributed by atoms with Crippen LogP contribution in [0, 0.1) is 0 Å². The number of amides is 2. The van der Waals surface area contributed by atoms with Gasteiger partial charge in [0.25, 0.3) is 18.2 Å². The first kappa shape index (κ1) is 21.0. The maximum atomic E-state index is 12.9. The van der Waals surface area contributed by atoms with Crippen LogP contribution in [0.1, 0.15) is 33.0 Å². The summed E-state index contributed by atoms with van der Waals surface area (Å²) in [7, 11) is 1.53. The van der Waals surface area contributed by atoms with Gasteiger partial charge in [-0.25, -0.2) is 13.8 Å².